The smallest absolute Gasteiger partial charge is 0.387 e. The lowest BCUT2D eigenvalue weighted by Gasteiger charge is -2.22. The molecule has 0 radical (unpaired) electrons. The lowest BCUT2D eigenvalue weighted by molar-refractivity contribution is -0.187. The predicted molar refractivity (Wildman–Crippen MR) is 128 cm³/mol. The van der Waals surface area contributed by atoms with E-state index in [1.165, 1.54) is 24.3 Å². The van der Waals surface area contributed by atoms with Gasteiger partial charge in [-0.2, -0.15) is 0 Å². The molecular formula is C28H30O8. The van der Waals surface area contributed by atoms with E-state index in [2.05, 4.69) is 0 Å². The normalized spacial score (nSPS) is 16.6. The average Bonchev–Trinajstić information content (AvgIpc) is 2.92. The minimum atomic E-state index is -1.03. The van der Waals surface area contributed by atoms with Gasteiger partial charge in [0.25, 0.3) is 0 Å². The zero-order valence-corrected chi connectivity index (χ0v) is 20.1. The fourth-order valence-corrected chi connectivity index (χ4v) is 4.64. The summed E-state index contributed by atoms with van der Waals surface area (Å²) < 4.78 is 11.1. The first-order chi connectivity index (χ1) is 17.5. The molecule has 190 valence electrons. The maximum atomic E-state index is 12.7. The number of hydrogen-bond donors (Lipinski definition) is 0. The van der Waals surface area contributed by atoms with Gasteiger partial charge in [-0.1, -0.05) is 37.1 Å². The Hall–Kier alpha value is -3.68. The molecule has 0 aliphatic heterocycles. The highest BCUT2D eigenvalue weighted by molar-refractivity contribution is 6.05. The van der Waals surface area contributed by atoms with Crippen molar-refractivity contribution in [1.29, 1.82) is 0 Å². The molecule has 0 amide bonds. The molecule has 0 heterocycles. The fraction of sp³-hybridized carbons (Fsp3) is 0.429. The van der Waals surface area contributed by atoms with Crippen LogP contribution < -0.4 is 0 Å². The van der Waals surface area contributed by atoms with Gasteiger partial charge in [0, 0.05) is 0 Å². The van der Waals surface area contributed by atoms with Crippen LogP contribution in [-0.2, 0) is 19.2 Å². The summed E-state index contributed by atoms with van der Waals surface area (Å²) in [6.07, 6.45) is 9.00. The third-order valence-corrected chi connectivity index (χ3v) is 6.58. The molecule has 0 saturated heterocycles. The molecule has 0 N–H and O–H groups in total. The van der Waals surface area contributed by atoms with E-state index in [4.69, 9.17) is 19.2 Å². The lowest BCUT2D eigenvalue weighted by Crippen LogP contribution is -2.23. The Bertz CT molecular complexity index is 1010. The second-order valence-corrected chi connectivity index (χ2v) is 9.16. The van der Waals surface area contributed by atoms with E-state index in [-0.39, 0.29) is 34.5 Å². The fourth-order valence-electron chi connectivity index (χ4n) is 4.64. The standard InChI is InChI=1S/C28H30O8/c29-25(33-19-11-3-1-4-12-19)21-15-7-9-17-23(21)27(31)35-36-28(32)24-18-10-8-16-22(24)26(30)34-20-13-5-2-6-14-20/h7-10,15-20H,1-6,11-14H2. The zero-order chi connectivity index (χ0) is 25.3. The predicted octanol–water partition coefficient (Wildman–Crippen LogP) is 5.59. The molecule has 0 aromatic heterocycles. The highest BCUT2D eigenvalue weighted by atomic mass is 17.2. The summed E-state index contributed by atoms with van der Waals surface area (Å²) in [6, 6.07) is 12.0. The monoisotopic (exact) mass is 494 g/mol. The molecule has 0 atom stereocenters. The number of benzene rings is 2. The van der Waals surface area contributed by atoms with Gasteiger partial charge in [-0.3, -0.25) is 0 Å². The van der Waals surface area contributed by atoms with Crippen LogP contribution in [0.15, 0.2) is 48.5 Å². The zero-order valence-electron chi connectivity index (χ0n) is 20.1. The summed E-state index contributed by atoms with van der Waals surface area (Å²) in [7, 11) is 0. The highest BCUT2D eigenvalue weighted by Crippen LogP contribution is 2.24. The largest absolute Gasteiger partial charge is 0.459 e. The van der Waals surface area contributed by atoms with Crippen LogP contribution in [0.4, 0.5) is 0 Å². The van der Waals surface area contributed by atoms with E-state index in [0.717, 1.165) is 64.2 Å². The van der Waals surface area contributed by atoms with E-state index in [9.17, 15) is 19.2 Å². The van der Waals surface area contributed by atoms with Gasteiger partial charge in [0.05, 0.1) is 22.3 Å². The summed E-state index contributed by atoms with van der Waals surface area (Å²) in [5.74, 6) is -3.31. The molecule has 2 aliphatic rings. The third kappa shape index (κ3) is 6.50. The Kier molecular flexibility index (Phi) is 8.71. The molecule has 2 aromatic carbocycles. The second kappa shape index (κ2) is 12.3. The molecule has 4 rings (SSSR count). The van der Waals surface area contributed by atoms with Crippen molar-refractivity contribution in [2.45, 2.75) is 76.4 Å². The minimum absolute atomic E-state index is 0.0283. The van der Waals surface area contributed by atoms with Crippen LogP contribution in [0.3, 0.4) is 0 Å². The number of esters is 2. The Morgan fingerprint density at radius 1 is 0.472 bits per heavy atom. The summed E-state index contributed by atoms with van der Waals surface area (Å²) in [5, 5.41) is 0. The molecule has 2 saturated carbocycles. The molecular weight excluding hydrogens is 464 g/mol. The van der Waals surface area contributed by atoms with E-state index in [1.807, 2.05) is 0 Å². The number of ether oxygens (including phenoxy) is 2. The van der Waals surface area contributed by atoms with Gasteiger partial charge in [0.1, 0.15) is 12.2 Å². The van der Waals surface area contributed by atoms with Crippen molar-refractivity contribution in [2.24, 2.45) is 0 Å². The molecule has 0 bridgehead atoms. The summed E-state index contributed by atoms with van der Waals surface area (Å²) >= 11 is 0. The van der Waals surface area contributed by atoms with Crippen molar-refractivity contribution in [3.8, 4) is 0 Å². The van der Waals surface area contributed by atoms with Crippen LogP contribution in [0.2, 0.25) is 0 Å². The molecule has 0 spiro atoms. The lowest BCUT2D eigenvalue weighted by atomic mass is 9.97. The van der Waals surface area contributed by atoms with Crippen molar-refractivity contribution < 1.29 is 38.4 Å². The maximum Gasteiger partial charge on any atom is 0.387 e. The van der Waals surface area contributed by atoms with Crippen molar-refractivity contribution in [3.63, 3.8) is 0 Å². The Balaban J connectivity index is 1.39. The maximum absolute atomic E-state index is 12.7. The minimum Gasteiger partial charge on any atom is -0.459 e. The molecule has 8 nitrogen and oxygen atoms in total. The van der Waals surface area contributed by atoms with Crippen molar-refractivity contribution in [2.75, 3.05) is 0 Å². The number of rotatable bonds is 6. The Labute approximate surface area is 209 Å². The summed E-state index contributed by atoms with van der Waals surface area (Å²) in [5.41, 5.74) is -0.117. The first-order valence-electron chi connectivity index (χ1n) is 12.6. The van der Waals surface area contributed by atoms with Crippen LogP contribution >= 0.6 is 0 Å². The highest BCUT2D eigenvalue weighted by Gasteiger charge is 2.27. The molecule has 2 fully saturated rings. The van der Waals surface area contributed by atoms with Gasteiger partial charge in [-0.15, -0.1) is 0 Å². The average molecular weight is 495 g/mol. The van der Waals surface area contributed by atoms with Gasteiger partial charge in [-0.05, 0) is 75.6 Å². The SMILES string of the molecule is O=C(OOC(=O)c1ccccc1C(=O)OC1CCCCC1)c1ccccc1C(=O)OC1CCCCC1. The van der Waals surface area contributed by atoms with Gasteiger partial charge < -0.3 is 9.47 Å². The van der Waals surface area contributed by atoms with E-state index < -0.39 is 23.9 Å². The van der Waals surface area contributed by atoms with Gasteiger partial charge >= 0.3 is 23.9 Å². The van der Waals surface area contributed by atoms with Crippen molar-refractivity contribution >= 4 is 23.9 Å². The molecule has 0 unspecified atom stereocenters. The van der Waals surface area contributed by atoms with Gasteiger partial charge in [-0.25, -0.2) is 29.0 Å². The first-order valence-corrected chi connectivity index (χ1v) is 12.6. The van der Waals surface area contributed by atoms with Crippen molar-refractivity contribution in [1.82, 2.24) is 0 Å². The van der Waals surface area contributed by atoms with Gasteiger partial charge in [0.15, 0.2) is 0 Å². The van der Waals surface area contributed by atoms with Crippen LogP contribution in [0.25, 0.3) is 0 Å². The third-order valence-electron chi connectivity index (χ3n) is 6.58. The van der Waals surface area contributed by atoms with Crippen LogP contribution in [-0.4, -0.2) is 36.1 Å². The number of carbonyl (C=O) groups is 4. The van der Waals surface area contributed by atoms with Gasteiger partial charge in [0.2, 0.25) is 0 Å². The quantitative estimate of drug-likeness (QED) is 0.291. The van der Waals surface area contributed by atoms with E-state index in [1.54, 1.807) is 24.3 Å². The topological polar surface area (TPSA) is 105 Å². The van der Waals surface area contributed by atoms with E-state index in [0.29, 0.717) is 0 Å². The van der Waals surface area contributed by atoms with Crippen LogP contribution in [0.5, 0.6) is 0 Å². The first kappa shape index (κ1) is 25.4. The Morgan fingerprint density at radius 2 is 0.778 bits per heavy atom. The summed E-state index contributed by atoms with van der Waals surface area (Å²) in [4.78, 5) is 60.3. The number of carbonyl (C=O) groups excluding carboxylic acids is 4. The molecule has 2 aliphatic carbocycles. The van der Waals surface area contributed by atoms with E-state index >= 15 is 0 Å². The molecule has 2 aromatic rings. The molecule has 36 heavy (non-hydrogen) atoms. The number of hydrogen-bond acceptors (Lipinski definition) is 8. The molecule has 8 heteroatoms. The van der Waals surface area contributed by atoms with Crippen molar-refractivity contribution in [3.05, 3.63) is 70.8 Å². The Morgan fingerprint density at radius 3 is 1.11 bits per heavy atom. The van der Waals surface area contributed by atoms with Crippen LogP contribution in [0, 0.1) is 0 Å². The summed E-state index contributed by atoms with van der Waals surface area (Å²) in [6.45, 7) is 0. The second-order valence-electron chi connectivity index (χ2n) is 9.16. The van der Waals surface area contributed by atoms with Crippen LogP contribution in [0.1, 0.15) is 106 Å².